The van der Waals surface area contributed by atoms with Crippen LogP contribution in [0.3, 0.4) is 0 Å². The van der Waals surface area contributed by atoms with Crippen LogP contribution in [0.4, 0.5) is 5.82 Å². The topological polar surface area (TPSA) is 47.0 Å². The standard InChI is InChI=1S/C15H17N3OS/c1-19-13-5-3-4-10-11(13)6-7-12(10)16-14-8-9-15(20-2)18-17-14/h3-5,8-9,12H,6-7H2,1-2H3,(H,16,17). The van der Waals surface area contributed by atoms with Crippen molar-refractivity contribution in [3.63, 3.8) is 0 Å². The molecule has 0 saturated carbocycles. The van der Waals surface area contributed by atoms with Crippen LogP contribution < -0.4 is 10.1 Å². The Hall–Kier alpha value is -1.75. The Morgan fingerprint density at radius 2 is 2.15 bits per heavy atom. The van der Waals surface area contributed by atoms with Crippen molar-refractivity contribution < 1.29 is 4.74 Å². The highest BCUT2D eigenvalue weighted by molar-refractivity contribution is 7.98. The summed E-state index contributed by atoms with van der Waals surface area (Å²) in [5.41, 5.74) is 2.61. The van der Waals surface area contributed by atoms with E-state index in [0.29, 0.717) is 0 Å². The average molecular weight is 287 g/mol. The minimum absolute atomic E-state index is 0.287. The Bertz CT molecular complexity index is 601. The van der Waals surface area contributed by atoms with Gasteiger partial charge in [0, 0.05) is 0 Å². The maximum Gasteiger partial charge on any atom is 0.149 e. The predicted molar refractivity (Wildman–Crippen MR) is 81.5 cm³/mol. The van der Waals surface area contributed by atoms with Gasteiger partial charge in [0.1, 0.15) is 16.6 Å². The van der Waals surface area contributed by atoms with Gasteiger partial charge in [0.05, 0.1) is 13.2 Å². The molecule has 1 aromatic heterocycles. The normalized spacial score (nSPS) is 16.8. The molecule has 1 atom stereocenters. The lowest BCUT2D eigenvalue weighted by Crippen LogP contribution is -2.09. The van der Waals surface area contributed by atoms with Crippen molar-refractivity contribution >= 4 is 17.6 Å². The molecule has 0 aliphatic heterocycles. The number of fused-ring (bicyclic) bond motifs is 1. The van der Waals surface area contributed by atoms with Crippen LogP contribution in [0, 0.1) is 0 Å². The van der Waals surface area contributed by atoms with Gasteiger partial charge in [-0.1, -0.05) is 12.1 Å². The third-order valence-corrected chi connectivity index (χ3v) is 4.25. The van der Waals surface area contributed by atoms with Crippen molar-refractivity contribution in [2.24, 2.45) is 0 Å². The van der Waals surface area contributed by atoms with Gasteiger partial charge in [0.2, 0.25) is 0 Å². The third kappa shape index (κ3) is 2.45. The van der Waals surface area contributed by atoms with Crippen molar-refractivity contribution in [3.05, 3.63) is 41.5 Å². The fourth-order valence-electron chi connectivity index (χ4n) is 2.65. The van der Waals surface area contributed by atoms with Gasteiger partial charge < -0.3 is 10.1 Å². The Kier molecular flexibility index (Phi) is 3.78. The van der Waals surface area contributed by atoms with Crippen LogP contribution in [0.5, 0.6) is 5.75 Å². The van der Waals surface area contributed by atoms with Gasteiger partial charge in [-0.2, -0.15) is 0 Å². The molecule has 0 bridgehead atoms. The molecule has 104 valence electrons. The first-order chi connectivity index (χ1) is 9.81. The van der Waals surface area contributed by atoms with Gasteiger partial charge in [-0.05, 0) is 48.4 Å². The van der Waals surface area contributed by atoms with Crippen molar-refractivity contribution in [1.29, 1.82) is 0 Å². The number of benzene rings is 1. The van der Waals surface area contributed by atoms with Gasteiger partial charge >= 0.3 is 0 Å². The van der Waals surface area contributed by atoms with E-state index < -0.39 is 0 Å². The Morgan fingerprint density at radius 1 is 1.25 bits per heavy atom. The van der Waals surface area contributed by atoms with Crippen LogP contribution in [-0.2, 0) is 6.42 Å². The minimum Gasteiger partial charge on any atom is -0.496 e. The molecule has 3 rings (SSSR count). The fraction of sp³-hybridized carbons (Fsp3) is 0.333. The second kappa shape index (κ2) is 5.71. The molecular formula is C15H17N3OS. The molecule has 0 amide bonds. The van der Waals surface area contributed by atoms with Crippen molar-refractivity contribution in [1.82, 2.24) is 10.2 Å². The predicted octanol–water partition coefficient (Wildman–Crippen LogP) is 3.31. The summed E-state index contributed by atoms with van der Waals surface area (Å²) in [5.74, 6) is 1.80. The van der Waals surface area contributed by atoms with Crippen molar-refractivity contribution in [2.45, 2.75) is 23.9 Å². The van der Waals surface area contributed by atoms with Crippen LogP contribution in [0.25, 0.3) is 0 Å². The van der Waals surface area contributed by atoms with E-state index in [9.17, 15) is 0 Å². The maximum absolute atomic E-state index is 5.43. The van der Waals surface area contributed by atoms with E-state index in [-0.39, 0.29) is 6.04 Å². The summed E-state index contributed by atoms with van der Waals surface area (Å²) >= 11 is 1.60. The van der Waals surface area contributed by atoms with E-state index in [2.05, 4.69) is 21.6 Å². The van der Waals surface area contributed by atoms with Crippen LogP contribution >= 0.6 is 11.8 Å². The average Bonchev–Trinajstić information content (AvgIpc) is 2.91. The van der Waals surface area contributed by atoms with Gasteiger partial charge in [0.15, 0.2) is 0 Å². The minimum atomic E-state index is 0.287. The summed E-state index contributed by atoms with van der Waals surface area (Å²) in [6.07, 6.45) is 4.09. The van der Waals surface area contributed by atoms with Crippen LogP contribution in [0.2, 0.25) is 0 Å². The molecule has 0 radical (unpaired) electrons. The smallest absolute Gasteiger partial charge is 0.149 e. The lowest BCUT2D eigenvalue weighted by molar-refractivity contribution is 0.410. The SMILES string of the molecule is COc1cccc2c1CCC2Nc1ccc(SC)nn1. The first-order valence-corrected chi connectivity index (χ1v) is 7.84. The molecular weight excluding hydrogens is 270 g/mol. The number of aromatic nitrogens is 2. The lowest BCUT2D eigenvalue weighted by Gasteiger charge is -2.15. The maximum atomic E-state index is 5.43. The number of nitrogens with one attached hydrogen (secondary N) is 1. The lowest BCUT2D eigenvalue weighted by atomic mass is 10.1. The Morgan fingerprint density at radius 3 is 2.85 bits per heavy atom. The first kappa shape index (κ1) is 13.2. The number of rotatable bonds is 4. The highest BCUT2D eigenvalue weighted by Gasteiger charge is 2.25. The molecule has 1 aliphatic carbocycles. The zero-order valence-corrected chi connectivity index (χ0v) is 12.4. The highest BCUT2D eigenvalue weighted by Crippen LogP contribution is 2.38. The van der Waals surface area contributed by atoms with Crippen molar-refractivity contribution in [2.75, 3.05) is 18.7 Å². The second-order valence-electron chi connectivity index (χ2n) is 4.72. The summed E-state index contributed by atoms with van der Waals surface area (Å²) in [4.78, 5) is 0. The highest BCUT2D eigenvalue weighted by atomic mass is 32.2. The summed E-state index contributed by atoms with van der Waals surface area (Å²) in [5, 5.41) is 12.8. The fourth-order valence-corrected chi connectivity index (χ4v) is 2.97. The number of ether oxygens (including phenoxy) is 1. The Labute approximate surface area is 123 Å². The van der Waals surface area contributed by atoms with Gasteiger partial charge in [-0.15, -0.1) is 22.0 Å². The molecule has 1 unspecified atom stereocenters. The third-order valence-electron chi connectivity index (χ3n) is 3.62. The molecule has 20 heavy (non-hydrogen) atoms. The summed E-state index contributed by atoms with van der Waals surface area (Å²) in [6, 6.07) is 10.5. The Balaban J connectivity index is 1.81. The molecule has 5 heteroatoms. The quantitative estimate of drug-likeness (QED) is 0.874. The molecule has 1 aromatic carbocycles. The van der Waals surface area contributed by atoms with E-state index >= 15 is 0 Å². The summed E-state index contributed by atoms with van der Waals surface area (Å²) < 4.78 is 5.43. The van der Waals surface area contributed by atoms with Crippen molar-refractivity contribution in [3.8, 4) is 5.75 Å². The van der Waals surface area contributed by atoms with Gasteiger partial charge in [-0.25, -0.2) is 0 Å². The molecule has 4 nitrogen and oxygen atoms in total. The van der Waals surface area contributed by atoms with E-state index in [1.807, 2.05) is 30.5 Å². The number of hydrogen-bond donors (Lipinski definition) is 1. The van der Waals surface area contributed by atoms with Gasteiger partial charge in [0.25, 0.3) is 0 Å². The molecule has 0 spiro atoms. The first-order valence-electron chi connectivity index (χ1n) is 6.62. The number of thioether (sulfide) groups is 1. The van der Waals surface area contributed by atoms with E-state index in [1.54, 1.807) is 18.9 Å². The van der Waals surface area contributed by atoms with Gasteiger partial charge in [-0.3, -0.25) is 0 Å². The molecule has 1 heterocycles. The molecule has 0 saturated heterocycles. The molecule has 1 aliphatic rings. The number of hydrogen-bond acceptors (Lipinski definition) is 5. The zero-order chi connectivity index (χ0) is 13.9. The largest absolute Gasteiger partial charge is 0.496 e. The second-order valence-corrected chi connectivity index (χ2v) is 5.55. The summed E-state index contributed by atoms with van der Waals surface area (Å²) in [6.45, 7) is 0. The number of methoxy groups -OCH3 is 1. The zero-order valence-electron chi connectivity index (χ0n) is 11.6. The molecule has 2 aromatic rings. The van der Waals surface area contributed by atoms with Crippen LogP contribution in [-0.4, -0.2) is 23.6 Å². The van der Waals surface area contributed by atoms with Crippen LogP contribution in [0.15, 0.2) is 35.4 Å². The number of anilines is 1. The molecule has 1 N–H and O–H groups in total. The summed E-state index contributed by atoms with van der Waals surface area (Å²) in [7, 11) is 1.73. The molecule has 0 fully saturated rings. The van der Waals surface area contributed by atoms with E-state index in [1.165, 1.54) is 11.1 Å². The number of nitrogens with zero attached hydrogens (tertiary/aromatic N) is 2. The van der Waals surface area contributed by atoms with E-state index in [4.69, 9.17) is 4.74 Å². The van der Waals surface area contributed by atoms with Crippen LogP contribution in [0.1, 0.15) is 23.6 Å². The van der Waals surface area contributed by atoms with E-state index in [0.717, 1.165) is 29.4 Å². The monoisotopic (exact) mass is 287 g/mol.